The van der Waals surface area contributed by atoms with Crippen LogP contribution in [-0.4, -0.2) is 37.1 Å². The number of carbonyl (C=O) groups is 4. The lowest BCUT2D eigenvalue weighted by atomic mass is 10.1. The van der Waals surface area contributed by atoms with Crippen molar-refractivity contribution in [2.45, 2.75) is 6.92 Å². The molecule has 1 aliphatic rings. The quantitative estimate of drug-likeness (QED) is 0.266. The van der Waals surface area contributed by atoms with Gasteiger partial charge in [0.05, 0.1) is 16.7 Å². The van der Waals surface area contributed by atoms with Crippen LogP contribution in [-0.2, 0) is 19.0 Å². The molecule has 0 atom stereocenters. The van der Waals surface area contributed by atoms with Crippen molar-refractivity contribution in [1.82, 2.24) is 0 Å². The molecule has 0 aromatic heterocycles. The Balaban J connectivity index is 1.93. The molecular weight excluding hydrogens is 292 g/mol. The molecule has 1 aromatic carbocycles. The van der Waals surface area contributed by atoms with Crippen LogP contribution < -0.4 is 0 Å². The van der Waals surface area contributed by atoms with Crippen LogP contribution in [0.15, 0.2) is 30.4 Å². The topological polar surface area (TPSA) is 96.0 Å². The molecule has 0 spiro atoms. The van der Waals surface area contributed by atoms with Crippen molar-refractivity contribution in [2.24, 2.45) is 0 Å². The zero-order valence-corrected chi connectivity index (χ0v) is 11.7. The molecule has 0 N–H and O–H groups in total. The van der Waals surface area contributed by atoms with Gasteiger partial charge in [-0.05, 0) is 25.1 Å². The van der Waals surface area contributed by atoms with Crippen LogP contribution in [0.1, 0.15) is 38.0 Å². The number of esters is 4. The van der Waals surface area contributed by atoms with Gasteiger partial charge in [0.2, 0.25) is 0 Å². The lowest BCUT2D eigenvalue weighted by molar-refractivity contribution is -0.140. The molecule has 114 valence electrons. The van der Waals surface area contributed by atoms with Gasteiger partial charge >= 0.3 is 23.9 Å². The van der Waals surface area contributed by atoms with Gasteiger partial charge in [0.1, 0.15) is 13.2 Å². The summed E-state index contributed by atoms with van der Waals surface area (Å²) in [5.41, 5.74) is 0.467. The highest BCUT2D eigenvalue weighted by Crippen LogP contribution is 2.21. The Morgan fingerprint density at radius 3 is 2.41 bits per heavy atom. The maximum Gasteiger partial charge on any atom is 0.346 e. The highest BCUT2D eigenvalue weighted by atomic mass is 16.6. The first-order valence-corrected chi connectivity index (χ1v) is 6.30. The average molecular weight is 304 g/mol. The van der Waals surface area contributed by atoms with E-state index < -0.39 is 23.9 Å². The molecule has 7 nitrogen and oxygen atoms in total. The Bertz CT molecular complexity index is 687. The number of fused-ring (bicyclic) bond motifs is 1. The minimum absolute atomic E-state index is 0.0214. The monoisotopic (exact) mass is 304 g/mol. The van der Waals surface area contributed by atoms with Gasteiger partial charge in [0.25, 0.3) is 0 Å². The van der Waals surface area contributed by atoms with E-state index in [9.17, 15) is 19.2 Å². The third kappa shape index (κ3) is 3.20. The summed E-state index contributed by atoms with van der Waals surface area (Å²) < 4.78 is 14.1. The van der Waals surface area contributed by atoms with E-state index in [0.717, 1.165) is 0 Å². The molecule has 7 heteroatoms. The second-order valence-corrected chi connectivity index (χ2v) is 4.49. The van der Waals surface area contributed by atoms with Crippen LogP contribution in [0, 0.1) is 0 Å². The second kappa shape index (κ2) is 6.21. The third-order valence-corrected chi connectivity index (χ3v) is 2.78. The fourth-order valence-electron chi connectivity index (χ4n) is 1.69. The Kier molecular flexibility index (Phi) is 4.36. The molecule has 1 aliphatic heterocycles. The van der Waals surface area contributed by atoms with E-state index >= 15 is 0 Å². The summed E-state index contributed by atoms with van der Waals surface area (Å²) in [4.78, 5) is 45.6. The fourth-order valence-corrected chi connectivity index (χ4v) is 1.69. The largest absolute Gasteiger partial charge is 0.459 e. The molecule has 0 bridgehead atoms. The summed E-state index contributed by atoms with van der Waals surface area (Å²) in [5.74, 6) is -2.83. The minimum atomic E-state index is -0.801. The molecule has 0 fully saturated rings. The number of hydrogen-bond donors (Lipinski definition) is 0. The first-order valence-electron chi connectivity index (χ1n) is 6.30. The minimum Gasteiger partial charge on any atom is -0.459 e. The zero-order chi connectivity index (χ0) is 16.3. The Morgan fingerprint density at radius 1 is 1.09 bits per heavy atom. The van der Waals surface area contributed by atoms with Gasteiger partial charge in [-0.3, -0.25) is 0 Å². The van der Waals surface area contributed by atoms with E-state index in [1.807, 2.05) is 0 Å². The summed E-state index contributed by atoms with van der Waals surface area (Å²) in [7, 11) is 0. The number of rotatable bonds is 5. The summed E-state index contributed by atoms with van der Waals surface area (Å²) >= 11 is 0. The van der Waals surface area contributed by atoms with E-state index in [4.69, 9.17) is 9.47 Å². The molecule has 0 saturated carbocycles. The van der Waals surface area contributed by atoms with E-state index in [2.05, 4.69) is 11.3 Å². The molecule has 0 aliphatic carbocycles. The molecule has 22 heavy (non-hydrogen) atoms. The normalized spacial score (nSPS) is 12.4. The third-order valence-electron chi connectivity index (χ3n) is 2.78. The number of cyclic esters (lactones) is 2. The first kappa shape index (κ1) is 15.4. The Labute approximate surface area is 125 Å². The van der Waals surface area contributed by atoms with Crippen LogP contribution in [0.3, 0.4) is 0 Å². The lowest BCUT2D eigenvalue weighted by Crippen LogP contribution is -2.14. The molecular formula is C15H12O7. The van der Waals surface area contributed by atoms with Crippen molar-refractivity contribution in [1.29, 1.82) is 0 Å². The average Bonchev–Trinajstić information content (AvgIpc) is 2.77. The summed E-state index contributed by atoms with van der Waals surface area (Å²) in [5, 5.41) is 0. The number of hydrogen-bond acceptors (Lipinski definition) is 7. The fraction of sp³-hybridized carbons (Fsp3) is 0.200. The van der Waals surface area contributed by atoms with Gasteiger partial charge in [-0.2, -0.15) is 0 Å². The van der Waals surface area contributed by atoms with Gasteiger partial charge in [-0.15, -0.1) is 0 Å². The van der Waals surface area contributed by atoms with Crippen molar-refractivity contribution in [3.8, 4) is 0 Å². The molecule has 0 amide bonds. The van der Waals surface area contributed by atoms with Gasteiger partial charge in [0, 0.05) is 5.57 Å². The van der Waals surface area contributed by atoms with Crippen molar-refractivity contribution >= 4 is 23.9 Å². The van der Waals surface area contributed by atoms with Crippen LogP contribution >= 0.6 is 0 Å². The molecule has 0 unspecified atom stereocenters. The van der Waals surface area contributed by atoms with Gasteiger partial charge in [-0.25, -0.2) is 19.2 Å². The first-order chi connectivity index (χ1) is 10.4. The number of carbonyl (C=O) groups excluding carboxylic acids is 4. The molecule has 2 rings (SSSR count). The maximum absolute atomic E-state index is 11.8. The van der Waals surface area contributed by atoms with Gasteiger partial charge in [0.15, 0.2) is 0 Å². The lowest BCUT2D eigenvalue weighted by Gasteiger charge is -2.06. The highest BCUT2D eigenvalue weighted by molar-refractivity contribution is 6.15. The number of benzene rings is 1. The van der Waals surface area contributed by atoms with Crippen molar-refractivity contribution < 1.29 is 33.4 Å². The molecule has 1 heterocycles. The summed E-state index contributed by atoms with van der Waals surface area (Å²) in [6, 6.07) is 3.89. The molecule has 1 aromatic rings. The van der Waals surface area contributed by atoms with E-state index in [0.29, 0.717) is 0 Å². The number of ether oxygens (including phenoxy) is 3. The smallest absolute Gasteiger partial charge is 0.346 e. The predicted octanol–water partition coefficient (Wildman–Crippen LogP) is 1.27. The van der Waals surface area contributed by atoms with E-state index in [1.54, 1.807) is 0 Å². The van der Waals surface area contributed by atoms with Gasteiger partial charge in [-0.1, -0.05) is 6.58 Å². The standard InChI is InChI=1S/C15H12O7/c1-8(2)12(16)20-5-6-21-13(17)9-3-4-10-11(7-9)15(19)22-14(10)18/h3-4,7H,1,5-6H2,2H3. The van der Waals surface area contributed by atoms with Crippen LogP contribution in [0.4, 0.5) is 0 Å². The second-order valence-electron chi connectivity index (χ2n) is 4.49. The van der Waals surface area contributed by atoms with Gasteiger partial charge < -0.3 is 14.2 Å². The highest BCUT2D eigenvalue weighted by Gasteiger charge is 2.30. The molecule has 0 radical (unpaired) electrons. The SMILES string of the molecule is C=C(C)C(=O)OCCOC(=O)c1ccc2c(c1)C(=O)OC2=O. The van der Waals surface area contributed by atoms with E-state index in [1.165, 1.54) is 25.1 Å². The van der Waals surface area contributed by atoms with E-state index in [-0.39, 0.29) is 35.5 Å². The van der Waals surface area contributed by atoms with Crippen molar-refractivity contribution in [3.63, 3.8) is 0 Å². The Morgan fingerprint density at radius 2 is 1.73 bits per heavy atom. The zero-order valence-electron chi connectivity index (χ0n) is 11.7. The van der Waals surface area contributed by atoms with Crippen LogP contribution in [0.25, 0.3) is 0 Å². The Hall–Kier alpha value is -2.96. The van der Waals surface area contributed by atoms with Crippen molar-refractivity contribution in [3.05, 3.63) is 47.0 Å². The predicted molar refractivity (Wildman–Crippen MR) is 72.2 cm³/mol. The summed E-state index contributed by atoms with van der Waals surface area (Å²) in [6.45, 7) is 4.66. The van der Waals surface area contributed by atoms with Crippen molar-refractivity contribution in [2.75, 3.05) is 13.2 Å². The van der Waals surface area contributed by atoms with Crippen LogP contribution in [0.5, 0.6) is 0 Å². The molecule has 0 saturated heterocycles. The summed E-state index contributed by atoms with van der Waals surface area (Å²) in [6.07, 6.45) is 0. The van der Waals surface area contributed by atoms with Crippen LogP contribution in [0.2, 0.25) is 0 Å². The maximum atomic E-state index is 11.8.